The van der Waals surface area contributed by atoms with Crippen molar-refractivity contribution in [2.45, 2.75) is 45.2 Å². The fraction of sp³-hybridized carbons (Fsp3) is 0.435. The molecule has 4 nitrogen and oxygen atoms in total. The van der Waals surface area contributed by atoms with E-state index in [4.69, 9.17) is 9.47 Å². The Hall–Kier alpha value is -2.49. The standard InChI is InChI=1S/C23H29NO3/c1-26-21-12-8-18(9-13-21)16-24(23(25)20-6-4-3-5-7-20)17-19-10-14-22(27-2)15-11-19/h8-15,20H,3-7,16-17H2,1-2H3. The average Bonchev–Trinajstić information content (AvgIpc) is 2.74. The van der Waals surface area contributed by atoms with Gasteiger partial charge in [-0.15, -0.1) is 0 Å². The van der Waals surface area contributed by atoms with Gasteiger partial charge >= 0.3 is 0 Å². The normalized spacial score (nSPS) is 14.6. The summed E-state index contributed by atoms with van der Waals surface area (Å²) >= 11 is 0. The fourth-order valence-electron chi connectivity index (χ4n) is 3.72. The molecule has 1 aliphatic carbocycles. The van der Waals surface area contributed by atoms with Crippen LogP contribution in [0.1, 0.15) is 43.2 Å². The van der Waals surface area contributed by atoms with Crippen LogP contribution >= 0.6 is 0 Å². The number of carbonyl (C=O) groups is 1. The summed E-state index contributed by atoms with van der Waals surface area (Å²) in [5.74, 6) is 2.11. The Bertz CT molecular complexity index is 669. The predicted molar refractivity (Wildman–Crippen MR) is 107 cm³/mol. The number of hydrogen-bond donors (Lipinski definition) is 0. The summed E-state index contributed by atoms with van der Waals surface area (Å²) in [5.41, 5.74) is 2.24. The number of carbonyl (C=O) groups excluding carboxylic acids is 1. The van der Waals surface area contributed by atoms with Gasteiger partial charge in [-0.2, -0.15) is 0 Å². The molecule has 0 aliphatic heterocycles. The molecule has 0 unspecified atom stereocenters. The third-order valence-corrected chi connectivity index (χ3v) is 5.33. The molecule has 27 heavy (non-hydrogen) atoms. The summed E-state index contributed by atoms with van der Waals surface area (Å²) in [5, 5.41) is 0. The highest BCUT2D eigenvalue weighted by atomic mass is 16.5. The van der Waals surface area contributed by atoms with E-state index >= 15 is 0 Å². The van der Waals surface area contributed by atoms with Crippen LogP contribution in [0.4, 0.5) is 0 Å². The summed E-state index contributed by atoms with van der Waals surface area (Å²) in [6.07, 6.45) is 5.60. The molecule has 1 fully saturated rings. The first-order valence-electron chi connectivity index (χ1n) is 9.74. The molecule has 0 N–H and O–H groups in total. The molecule has 1 saturated carbocycles. The van der Waals surface area contributed by atoms with E-state index in [1.165, 1.54) is 6.42 Å². The van der Waals surface area contributed by atoms with E-state index < -0.39 is 0 Å². The first kappa shape index (κ1) is 19.3. The SMILES string of the molecule is COc1ccc(CN(Cc2ccc(OC)cc2)C(=O)C2CCCCC2)cc1. The molecule has 3 rings (SSSR count). The minimum absolute atomic E-state index is 0.162. The summed E-state index contributed by atoms with van der Waals surface area (Å²) in [4.78, 5) is 15.2. The highest BCUT2D eigenvalue weighted by Crippen LogP contribution is 2.27. The van der Waals surface area contributed by atoms with E-state index in [1.54, 1.807) is 14.2 Å². The predicted octanol–water partition coefficient (Wildman–Crippen LogP) is 4.81. The Labute approximate surface area is 162 Å². The molecule has 0 aromatic heterocycles. The van der Waals surface area contributed by atoms with Crippen molar-refractivity contribution in [1.82, 2.24) is 4.90 Å². The highest BCUT2D eigenvalue weighted by Gasteiger charge is 2.26. The Morgan fingerprint density at radius 2 is 1.26 bits per heavy atom. The third-order valence-electron chi connectivity index (χ3n) is 5.33. The van der Waals surface area contributed by atoms with E-state index in [9.17, 15) is 4.79 Å². The number of benzene rings is 2. The lowest BCUT2D eigenvalue weighted by atomic mass is 9.88. The van der Waals surface area contributed by atoms with Crippen molar-refractivity contribution in [2.75, 3.05) is 14.2 Å². The van der Waals surface area contributed by atoms with Crippen LogP contribution in [0.25, 0.3) is 0 Å². The summed E-state index contributed by atoms with van der Waals surface area (Å²) in [7, 11) is 3.33. The first-order valence-corrected chi connectivity index (χ1v) is 9.74. The van der Waals surface area contributed by atoms with Gasteiger partial charge in [-0.3, -0.25) is 4.79 Å². The largest absolute Gasteiger partial charge is 0.497 e. The van der Waals surface area contributed by atoms with E-state index in [0.717, 1.165) is 48.3 Å². The Morgan fingerprint density at radius 3 is 1.67 bits per heavy atom. The molecule has 0 heterocycles. The molecule has 0 radical (unpaired) electrons. The second kappa shape index (κ2) is 9.45. The minimum atomic E-state index is 0.162. The smallest absolute Gasteiger partial charge is 0.226 e. The van der Waals surface area contributed by atoms with Crippen LogP contribution in [0.2, 0.25) is 0 Å². The lowest BCUT2D eigenvalue weighted by Gasteiger charge is -2.29. The van der Waals surface area contributed by atoms with Gasteiger partial charge in [0.2, 0.25) is 5.91 Å². The zero-order valence-electron chi connectivity index (χ0n) is 16.3. The van der Waals surface area contributed by atoms with Gasteiger partial charge in [-0.1, -0.05) is 43.5 Å². The van der Waals surface area contributed by atoms with Gasteiger partial charge in [-0.05, 0) is 48.2 Å². The van der Waals surface area contributed by atoms with Crippen molar-refractivity contribution in [3.63, 3.8) is 0 Å². The van der Waals surface area contributed by atoms with Gasteiger partial charge < -0.3 is 14.4 Å². The van der Waals surface area contributed by atoms with E-state index in [0.29, 0.717) is 13.1 Å². The second-order valence-electron chi connectivity index (χ2n) is 7.23. The van der Waals surface area contributed by atoms with Crippen molar-refractivity contribution in [3.05, 3.63) is 59.7 Å². The van der Waals surface area contributed by atoms with Gasteiger partial charge in [0.25, 0.3) is 0 Å². The molecule has 4 heteroatoms. The van der Waals surface area contributed by atoms with Crippen molar-refractivity contribution < 1.29 is 14.3 Å². The van der Waals surface area contributed by atoms with Crippen LogP contribution in [-0.4, -0.2) is 25.0 Å². The molecule has 1 aliphatic rings. The molecule has 0 bridgehead atoms. The number of rotatable bonds is 7. The van der Waals surface area contributed by atoms with E-state index in [1.807, 2.05) is 53.4 Å². The van der Waals surface area contributed by atoms with Crippen molar-refractivity contribution in [2.24, 2.45) is 5.92 Å². The average molecular weight is 367 g/mol. The van der Waals surface area contributed by atoms with Gasteiger partial charge in [0, 0.05) is 19.0 Å². The van der Waals surface area contributed by atoms with Crippen LogP contribution in [0.3, 0.4) is 0 Å². The lowest BCUT2D eigenvalue weighted by molar-refractivity contribution is -0.137. The number of hydrogen-bond acceptors (Lipinski definition) is 3. The van der Waals surface area contributed by atoms with Crippen LogP contribution in [0.15, 0.2) is 48.5 Å². The summed E-state index contributed by atoms with van der Waals surface area (Å²) < 4.78 is 10.5. The molecular formula is C23H29NO3. The minimum Gasteiger partial charge on any atom is -0.497 e. The van der Waals surface area contributed by atoms with Gasteiger partial charge in [0.15, 0.2) is 0 Å². The van der Waals surface area contributed by atoms with Gasteiger partial charge in [0.1, 0.15) is 11.5 Å². The third kappa shape index (κ3) is 5.25. The molecule has 2 aromatic rings. The second-order valence-corrected chi connectivity index (χ2v) is 7.23. The Morgan fingerprint density at radius 1 is 0.815 bits per heavy atom. The molecular weight excluding hydrogens is 338 g/mol. The number of amides is 1. The summed E-state index contributed by atoms with van der Waals surface area (Å²) in [6.45, 7) is 1.23. The Balaban J connectivity index is 1.76. The molecule has 0 saturated heterocycles. The van der Waals surface area contributed by atoms with Crippen molar-refractivity contribution in [3.8, 4) is 11.5 Å². The van der Waals surface area contributed by atoms with Crippen molar-refractivity contribution in [1.29, 1.82) is 0 Å². The van der Waals surface area contributed by atoms with Crippen LogP contribution in [-0.2, 0) is 17.9 Å². The van der Waals surface area contributed by atoms with Crippen LogP contribution < -0.4 is 9.47 Å². The molecule has 144 valence electrons. The topological polar surface area (TPSA) is 38.8 Å². The quantitative estimate of drug-likeness (QED) is 0.705. The molecule has 2 aromatic carbocycles. The monoisotopic (exact) mass is 367 g/mol. The van der Waals surface area contributed by atoms with Crippen molar-refractivity contribution >= 4 is 5.91 Å². The van der Waals surface area contributed by atoms with E-state index in [-0.39, 0.29) is 11.8 Å². The first-order chi connectivity index (χ1) is 13.2. The maximum absolute atomic E-state index is 13.2. The summed E-state index contributed by atoms with van der Waals surface area (Å²) in [6, 6.07) is 15.9. The number of nitrogens with zero attached hydrogens (tertiary/aromatic N) is 1. The fourth-order valence-corrected chi connectivity index (χ4v) is 3.72. The van der Waals surface area contributed by atoms with Crippen LogP contribution in [0.5, 0.6) is 11.5 Å². The van der Waals surface area contributed by atoms with Crippen LogP contribution in [0, 0.1) is 5.92 Å². The van der Waals surface area contributed by atoms with E-state index in [2.05, 4.69) is 0 Å². The van der Waals surface area contributed by atoms with Gasteiger partial charge in [-0.25, -0.2) is 0 Å². The highest BCUT2D eigenvalue weighted by molar-refractivity contribution is 5.79. The maximum atomic E-state index is 13.2. The molecule has 0 spiro atoms. The maximum Gasteiger partial charge on any atom is 0.226 e. The number of ether oxygens (including phenoxy) is 2. The molecule has 1 amide bonds. The molecule has 0 atom stereocenters. The lowest BCUT2D eigenvalue weighted by Crippen LogP contribution is -2.36. The zero-order chi connectivity index (χ0) is 19.1. The zero-order valence-corrected chi connectivity index (χ0v) is 16.3. The van der Waals surface area contributed by atoms with Gasteiger partial charge in [0.05, 0.1) is 14.2 Å². The number of methoxy groups -OCH3 is 2. The Kier molecular flexibility index (Phi) is 6.74.